The number of aryl methyl sites for hydroxylation is 1. The van der Waals surface area contributed by atoms with Crippen molar-refractivity contribution in [2.75, 3.05) is 5.73 Å². The minimum Gasteiger partial charge on any atom is -0.368 e. The Labute approximate surface area is 152 Å². The molecule has 0 amide bonds. The topological polar surface area (TPSA) is 73.8 Å². The molecule has 26 heavy (non-hydrogen) atoms. The fourth-order valence-corrected chi connectivity index (χ4v) is 4.01. The molecule has 1 aliphatic rings. The largest absolute Gasteiger partial charge is 0.368 e. The van der Waals surface area contributed by atoms with E-state index >= 15 is 0 Å². The van der Waals surface area contributed by atoms with Crippen molar-refractivity contribution in [2.45, 2.75) is 45.6 Å². The van der Waals surface area contributed by atoms with E-state index in [1.54, 1.807) is 6.20 Å². The maximum atomic E-state index is 13.2. The Balaban J connectivity index is 1.74. The van der Waals surface area contributed by atoms with Crippen molar-refractivity contribution >= 4 is 16.9 Å². The van der Waals surface area contributed by atoms with Crippen molar-refractivity contribution in [3.8, 4) is 11.1 Å². The van der Waals surface area contributed by atoms with Gasteiger partial charge in [-0.1, -0.05) is 25.3 Å². The van der Waals surface area contributed by atoms with Crippen LogP contribution in [0.15, 0.2) is 41.5 Å². The molecule has 0 saturated heterocycles. The molecule has 0 unspecified atom stereocenters. The van der Waals surface area contributed by atoms with Gasteiger partial charge in [0.05, 0.1) is 11.1 Å². The first-order valence-electron chi connectivity index (χ1n) is 9.34. The van der Waals surface area contributed by atoms with E-state index in [4.69, 9.17) is 5.73 Å². The number of pyridine rings is 1. The Morgan fingerprint density at radius 2 is 2.00 bits per heavy atom. The van der Waals surface area contributed by atoms with Gasteiger partial charge < -0.3 is 10.3 Å². The third-order valence-electron chi connectivity index (χ3n) is 5.44. The van der Waals surface area contributed by atoms with Gasteiger partial charge in [0.2, 0.25) is 5.95 Å². The first-order valence-corrected chi connectivity index (χ1v) is 9.34. The predicted molar refractivity (Wildman–Crippen MR) is 105 cm³/mol. The summed E-state index contributed by atoms with van der Waals surface area (Å²) in [6.45, 7) is 2.81. The van der Waals surface area contributed by atoms with E-state index < -0.39 is 0 Å². The Kier molecular flexibility index (Phi) is 4.45. The molecule has 5 nitrogen and oxygen atoms in total. The SMILES string of the molecule is Cc1ccn(CC2CCCCC2)c(=O)c1-c1ccc2nc(N)ncc2c1. The Hall–Kier alpha value is -2.69. The fourth-order valence-electron chi connectivity index (χ4n) is 4.01. The molecule has 0 radical (unpaired) electrons. The van der Waals surface area contributed by atoms with Crippen LogP contribution >= 0.6 is 0 Å². The summed E-state index contributed by atoms with van der Waals surface area (Å²) in [6.07, 6.45) is 10.0. The number of hydrogen-bond donors (Lipinski definition) is 1. The summed E-state index contributed by atoms with van der Waals surface area (Å²) in [4.78, 5) is 21.5. The zero-order valence-electron chi connectivity index (χ0n) is 15.1. The molecule has 0 bridgehead atoms. The van der Waals surface area contributed by atoms with E-state index in [9.17, 15) is 4.79 Å². The second kappa shape index (κ2) is 6.90. The third kappa shape index (κ3) is 3.21. The van der Waals surface area contributed by atoms with Crippen molar-refractivity contribution in [1.82, 2.24) is 14.5 Å². The van der Waals surface area contributed by atoms with Crippen LogP contribution in [0, 0.1) is 12.8 Å². The number of nitrogen functional groups attached to an aromatic ring is 1. The summed E-state index contributed by atoms with van der Waals surface area (Å²) < 4.78 is 1.89. The Morgan fingerprint density at radius 1 is 1.19 bits per heavy atom. The predicted octanol–water partition coefficient (Wildman–Crippen LogP) is 3.93. The fraction of sp³-hybridized carbons (Fsp3) is 0.381. The molecule has 2 N–H and O–H groups in total. The molecule has 0 aliphatic heterocycles. The second-order valence-electron chi connectivity index (χ2n) is 7.34. The molecule has 1 aliphatic carbocycles. The summed E-state index contributed by atoms with van der Waals surface area (Å²) >= 11 is 0. The number of benzene rings is 1. The highest BCUT2D eigenvalue weighted by molar-refractivity contribution is 5.84. The molecule has 0 atom stereocenters. The molecule has 2 aromatic heterocycles. The normalized spacial score (nSPS) is 15.4. The van der Waals surface area contributed by atoms with Crippen molar-refractivity contribution in [3.63, 3.8) is 0 Å². The van der Waals surface area contributed by atoms with Crippen LogP contribution in [0.1, 0.15) is 37.7 Å². The lowest BCUT2D eigenvalue weighted by Crippen LogP contribution is -2.26. The average Bonchev–Trinajstić information content (AvgIpc) is 2.65. The highest BCUT2D eigenvalue weighted by atomic mass is 16.1. The number of nitrogens with zero attached hydrogens (tertiary/aromatic N) is 3. The number of rotatable bonds is 3. The van der Waals surface area contributed by atoms with Crippen molar-refractivity contribution < 1.29 is 0 Å². The zero-order chi connectivity index (χ0) is 18.1. The molecule has 5 heteroatoms. The first kappa shape index (κ1) is 16.8. The smallest absolute Gasteiger partial charge is 0.258 e. The number of fused-ring (bicyclic) bond motifs is 1. The lowest BCUT2D eigenvalue weighted by atomic mass is 9.89. The molecular formula is C21H24N4O. The van der Waals surface area contributed by atoms with Crippen LogP contribution in [0.3, 0.4) is 0 Å². The number of anilines is 1. The van der Waals surface area contributed by atoms with E-state index in [2.05, 4.69) is 9.97 Å². The molecular weight excluding hydrogens is 324 g/mol. The molecule has 2 heterocycles. The summed E-state index contributed by atoms with van der Waals surface area (Å²) in [5.74, 6) is 0.876. The average molecular weight is 348 g/mol. The Morgan fingerprint density at radius 3 is 2.81 bits per heavy atom. The molecule has 1 aromatic carbocycles. The standard InChI is InChI=1S/C21H24N4O/c1-14-9-10-25(13-15-5-3-2-4-6-15)20(26)19(14)16-7-8-18-17(11-16)12-23-21(22)24-18/h7-12,15H,2-6,13H2,1H3,(H2,22,23,24). The van der Waals surface area contributed by atoms with Crippen LogP contribution in [0.2, 0.25) is 0 Å². The van der Waals surface area contributed by atoms with Gasteiger partial charge in [-0.05, 0) is 55.0 Å². The highest BCUT2D eigenvalue weighted by Crippen LogP contribution is 2.26. The van der Waals surface area contributed by atoms with E-state index in [-0.39, 0.29) is 11.5 Å². The van der Waals surface area contributed by atoms with Gasteiger partial charge in [0.15, 0.2) is 0 Å². The van der Waals surface area contributed by atoms with Gasteiger partial charge >= 0.3 is 0 Å². The van der Waals surface area contributed by atoms with Crippen LogP contribution in [-0.4, -0.2) is 14.5 Å². The molecule has 1 saturated carbocycles. The summed E-state index contributed by atoms with van der Waals surface area (Å²) in [6, 6.07) is 7.87. The highest BCUT2D eigenvalue weighted by Gasteiger charge is 2.17. The lowest BCUT2D eigenvalue weighted by Gasteiger charge is -2.23. The zero-order valence-corrected chi connectivity index (χ0v) is 15.1. The number of aromatic nitrogens is 3. The summed E-state index contributed by atoms with van der Waals surface area (Å²) in [5.41, 5.74) is 9.20. The van der Waals surface area contributed by atoms with E-state index in [1.165, 1.54) is 32.1 Å². The van der Waals surface area contributed by atoms with Gasteiger partial charge in [-0.15, -0.1) is 0 Å². The van der Waals surface area contributed by atoms with E-state index in [1.807, 2.05) is 42.0 Å². The van der Waals surface area contributed by atoms with Crippen LogP contribution in [0.5, 0.6) is 0 Å². The van der Waals surface area contributed by atoms with Crippen LogP contribution in [0.4, 0.5) is 5.95 Å². The second-order valence-corrected chi connectivity index (χ2v) is 7.34. The van der Waals surface area contributed by atoms with Crippen LogP contribution in [-0.2, 0) is 6.54 Å². The van der Waals surface area contributed by atoms with Crippen LogP contribution < -0.4 is 11.3 Å². The van der Waals surface area contributed by atoms with Gasteiger partial charge in [-0.2, -0.15) is 0 Å². The van der Waals surface area contributed by atoms with Gasteiger partial charge in [-0.25, -0.2) is 9.97 Å². The molecule has 0 spiro atoms. The quantitative estimate of drug-likeness (QED) is 0.778. The number of hydrogen-bond acceptors (Lipinski definition) is 4. The molecule has 1 fully saturated rings. The van der Waals surface area contributed by atoms with E-state index in [0.717, 1.165) is 34.1 Å². The van der Waals surface area contributed by atoms with Gasteiger partial charge in [-0.3, -0.25) is 4.79 Å². The lowest BCUT2D eigenvalue weighted by molar-refractivity contribution is 0.316. The third-order valence-corrected chi connectivity index (χ3v) is 5.44. The Bertz CT molecular complexity index is 1000. The summed E-state index contributed by atoms with van der Waals surface area (Å²) in [5, 5.41) is 0.887. The van der Waals surface area contributed by atoms with Gasteiger partial charge in [0.25, 0.3) is 5.56 Å². The molecule has 3 aromatic rings. The maximum Gasteiger partial charge on any atom is 0.258 e. The van der Waals surface area contributed by atoms with Crippen molar-refractivity contribution in [2.24, 2.45) is 5.92 Å². The minimum atomic E-state index is 0.0892. The first-order chi connectivity index (χ1) is 12.6. The maximum absolute atomic E-state index is 13.2. The minimum absolute atomic E-state index is 0.0892. The number of nitrogens with two attached hydrogens (primary N) is 1. The van der Waals surface area contributed by atoms with E-state index in [0.29, 0.717) is 5.92 Å². The van der Waals surface area contributed by atoms with Gasteiger partial charge in [0, 0.05) is 24.3 Å². The van der Waals surface area contributed by atoms with Gasteiger partial charge in [0.1, 0.15) is 0 Å². The van der Waals surface area contributed by atoms with Crippen molar-refractivity contribution in [3.05, 3.63) is 52.6 Å². The molecule has 4 rings (SSSR count). The summed E-state index contributed by atoms with van der Waals surface area (Å²) in [7, 11) is 0. The van der Waals surface area contributed by atoms with Crippen molar-refractivity contribution in [1.29, 1.82) is 0 Å². The van der Waals surface area contributed by atoms with Crippen LogP contribution in [0.25, 0.3) is 22.0 Å². The molecule has 134 valence electrons. The monoisotopic (exact) mass is 348 g/mol.